The van der Waals surface area contributed by atoms with Gasteiger partial charge in [-0.15, -0.1) is 0 Å². The van der Waals surface area contributed by atoms with E-state index in [-0.39, 0.29) is 11.5 Å². The van der Waals surface area contributed by atoms with Crippen LogP contribution in [0.2, 0.25) is 0 Å². The topological polar surface area (TPSA) is 77.2 Å². The summed E-state index contributed by atoms with van der Waals surface area (Å²) >= 11 is 0. The molecule has 3 aromatic rings. The van der Waals surface area contributed by atoms with Crippen LogP contribution >= 0.6 is 0 Å². The lowest BCUT2D eigenvalue weighted by Crippen LogP contribution is -2.25. The van der Waals surface area contributed by atoms with Crippen LogP contribution < -0.4 is 19.9 Å². The molecular weight excluding hydrogens is 483 g/mol. The van der Waals surface area contributed by atoms with Gasteiger partial charge in [0, 0.05) is 18.5 Å². The molecule has 0 spiro atoms. The third-order valence-corrected chi connectivity index (χ3v) is 7.31. The molecule has 7 heteroatoms. The molecule has 0 aliphatic heterocycles. The summed E-state index contributed by atoms with van der Waals surface area (Å²) in [7, 11) is 5.14. The fraction of sp³-hybridized carbons (Fsp3) is 0.419. The first-order chi connectivity index (χ1) is 18.4. The average molecular weight is 523 g/mol. The van der Waals surface area contributed by atoms with Crippen molar-refractivity contribution in [3.63, 3.8) is 0 Å². The van der Waals surface area contributed by atoms with Crippen molar-refractivity contribution in [1.29, 1.82) is 0 Å². The number of halogens is 1. The number of aryl methyl sites for hydroxylation is 1. The standard InChI is InChI=1S/C31H39FN2O4/c1-5-14-34(2)15-16-38-27-13-10-20(18-25(27)32)17-24-23(19-28(36-3)31(37-4)30(24)33)29-22-9-7-6-8-21(22)11-12-26(29)35/h10-13,18-19,35H,5-9,14-17,33H2,1-4H3. The van der Waals surface area contributed by atoms with E-state index in [4.69, 9.17) is 19.9 Å². The molecule has 3 aromatic carbocycles. The summed E-state index contributed by atoms with van der Waals surface area (Å²) in [5, 5.41) is 11.0. The van der Waals surface area contributed by atoms with E-state index < -0.39 is 5.82 Å². The van der Waals surface area contributed by atoms with E-state index in [1.807, 2.05) is 25.2 Å². The summed E-state index contributed by atoms with van der Waals surface area (Å²) in [4.78, 5) is 2.16. The van der Waals surface area contributed by atoms with Crippen LogP contribution in [-0.4, -0.2) is 51.0 Å². The minimum absolute atomic E-state index is 0.196. The quantitative estimate of drug-likeness (QED) is 0.301. The van der Waals surface area contributed by atoms with E-state index in [2.05, 4.69) is 11.8 Å². The maximum atomic E-state index is 15.0. The summed E-state index contributed by atoms with van der Waals surface area (Å²) in [6, 6.07) is 10.6. The Kier molecular flexibility index (Phi) is 9.00. The van der Waals surface area contributed by atoms with Crippen molar-refractivity contribution in [3.05, 3.63) is 64.5 Å². The van der Waals surface area contributed by atoms with E-state index in [0.717, 1.165) is 73.0 Å². The molecule has 0 fully saturated rings. The number of likely N-dealkylation sites (N-methyl/N-ethyl adjacent to an activating group) is 1. The van der Waals surface area contributed by atoms with Gasteiger partial charge in [0.2, 0.25) is 0 Å². The van der Waals surface area contributed by atoms with E-state index in [9.17, 15) is 5.11 Å². The van der Waals surface area contributed by atoms with Gasteiger partial charge < -0.3 is 30.0 Å². The maximum Gasteiger partial charge on any atom is 0.184 e. The van der Waals surface area contributed by atoms with Gasteiger partial charge >= 0.3 is 0 Å². The van der Waals surface area contributed by atoms with Gasteiger partial charge in [0.25, 0.3) is 0 Å². The summed E-state index contributed by atoms with van der Waals surface area (Å²) in [5.41, 5.74) is 12.5. The van der Waals surface area contributed by atoms with E-state index in [0.29, 0.717) is 30.2 Å². The van der Waals surface area contributed by atoms with Crippen molar-refractivity contribution >= 4 is 5.69 Å². The van der Waals surface area contributed by atoms with Crippen molar-refractivity contribution in [2.24, 2.45) is 0 Å². The Morgan fingerprint density at radius 1 is 1.00 bits per heavy atom. The number of fused-ring (bicyclic) bond motifs is 1. The molecule has 0 radical (unpaired) electrons. The van der Waals surface area contributed by atoms with Gasteiger partial charge in [-0.3, -0.25) is 0 Å². The van der Waals surface area contributed by atoms with Crippen molar-refractivity contribution in [1.82, 2.24) is 4.90 Å². The first kappa shape index (κ1) is 27.6. The maximum absolute atomic E-state index is 15.0. The fourth-order valence-corrected chi connectivity index (χ4v) is 5.37. The fourth-order valence-electron chi connectivity index (χ4n) is 5.37. The number of rotatable bonds is 11. The number of benzene rings is 3. The molecule has 1 aliphatic carbocycles. The zero-order valence-corrected chi connectivity index (χ0v) is 22.9. The summed E-state index contributed by atoms with van der Waals surface area (Å²) in [5.74, 6) is 0.920. The Balaban J connectivity index is 1.72. The van der Waals surface area contributed by atoms with Crippen molar-refractivity contribution < 1.29 is 23.7 Å². The predicted octanol–water partition coefficient (Wildman–Crippen LogP) is 5.99. The number of hydrogen-bond acceptors (Lipinski definition) is 6. The Morgan fingerprint density at radius 2 is 1.79 bits per heavy atom. The Hall–Kier alpha value is -3.45. The summed E-state index contributed by atoms with van der Waals surface area (Å²) in [6.45, 7) is 4.24. The lowest BCUT2D eigenvalue weighted by Gasteiger charge is -2.24. The van der Waals surface area contributed by atoms with Gasteiger partial charge in [-0.05, 0) is 97.8 Å². The Bertz CT molecular complexity index is 1280. The predicted molar refractivity (Wildman–Crippen MR) is 150 cm³/mol. The minimum Gasteiger partial charge on any atom is -0.507 e. The summed E-state index contributed by atoms with van der Waals surface area (Å²) in [6.07, 6.45) is 5.44. The van der Waals surface area contributed by atoms with Crippen molar-refractivity contribution in [3.8, 4) is 34.1 Å². The highest BCUT2D eigenvalue weighted by Crippen LogP contribution is 2.47. The number of methoxy groups -OCH3 is 2. The highest BCUT2D eigenvalue weighted by atomic mass is 19.1. The number of ether oxygens (including phenoxy) is 3. The lowest BCUT2D eigenvalue weighted by molar-refractivity contribution is 0.231. The molecule has 0 heterocycles. The normalized spacial score (nSPS) is 12.9. The number of anilines is 1. The van der Waals surface area contributed by atoms with Crippen LogP contribution in [0.25, 0.3) is 11.1 Å². The lowest BCUT2D eigenvalue weighted by atomic mass is 9.83. The van der Waals surface area contributed by atoms with Gasteiger partial charge in [0.1, 0.15) is 12.4 Å². The highest BCUT2D eigenvalue weighted by molar-refractivity contribution is 5.85. The number of nitrogens with zero attached hydrogens (tertiary/aromatic N) is 1. The molecule has 0 unspecified atom stereocenters. The first-order valence-corrected chi connectivity index (χ1v) is 13.3. The van der Waals surface area contributed by atoms with Crippen LogP contribution in [0.4, 0.5) is 10.1 Å². The monoisotopic (exact) mass is 522 g/mol. The van der Waals surface area contributed by atoms with Crippen LogP contribution in [0.15, 0.2) is 36.4 Å². The highest BCUT2D eigenvalue weighted by Gasteiger charge is 2.25. The molecule has 6 nitrogen and oxygen atoms in total. The zero-order chi connectivity index (χ0) is 27.2. The van der Waals surface area contributed by atoms with Gasteiger partial charge in [0.15, 0.2) is 23.1 Å². The van der Waals surface area contributed by atoms with Crippen LogP contribution in [0, 0.1) is 5.82 Å². The molecule has 0 aromatic heterocycles. The Morgan fingerprint density at radius 3 is 2.50 bits per heavy atom. The molecule has 0 saturated heterocycles. The van der Waals surface area contributed by atoms with E-state index in [1.165, 1.54) is 11.6 Å². The second-order valence-electron chi connectivity index (χ2n) is 9.95. The minimum atomic E-state index is -0.416. The second-order valence-corrected chi connectivity index (χ2v) is 9.95. The number of nitrogen functional groups attached to an aromatic ring is 1. The second kappa shape index (κ2) is 12.4. The zero-order valence-electron chi connectivity index (χ0n) is 22.9. The number of phenols is 1. The number of phenolic OH excluding ortho intramolecular Hbond substituents is 1. The van der Waals surface area contributed by atoms with Crippen LogP contribution in [-0.2, 0) is 19.3 Å². The summed E-state index contributed by atoms with van der Waals surface area (Å²) < 4.78 is 32.0. The van der Waals surface area contributed by atoms with Crippen LogP contribution in [0.5, 0.6) is 23.0 Å². The van der Waals surface area contributed by atoms with Crippen molar-refractivity contribution in [2.45, 2.75) is 45.4 Å². The number of nitrogens with two attached hydrogens (primary N) is 1. The molecule has 1 aliphatic rings. The SMILES string of the molecule is CCCN(C)CCOc1ccc(Cc2c(-c3c(O)ccc4c3CCCC4)cc(OC)c(OC)c2N)cc1F. The Labute approximate surface area is 225 Å². The third kappa shape index (κ3) is 5.83. The largest absolute Gasteiger partial charge is 0.507 e. The van der Waals surface area contributed by atoms with Crippen LogP contribution in [0.1, 0.15) is 48.4 Å². The number of aromatic hydroxyl groups is 1. The molecule has 0 bridgehead atoms. The molecular formula is C31H39FN2O4. The first-order valence-electron chi connectivity index (χ1n) is 13.3. The van der Waals surface area contributed by atoms with Gasteiger partial charge in [0.05, 0.1) is 19.9 Å². The van der Waals surface area contributed by atoms with Gasteiger partial charge in [-0.25, -0.2) is 4.39 Å². The van der Waals surface area contributed by atoms with Crippen LogP contribution in [0.3, 0.4) is 0 Å². The number of hydrogen-bond donors (Lipinski definition) is 2. The molecule has 204 valence electrons. The van der Waals surface area contributed by atoms with E-state index >= 15 is 4.39 Å². The molecule has 4 rings (SSSR count). The molecule has 3 N–H and O–H groups in total. The van der Waals surface area contributed by atoms with E-state index in [1.54, 1.807) is 26.4 Å². The van der Waals surface area contributed by atoms with Gasteiger partial charge in [-0.2, -0.15) is 0 Å². The third-order valence-electron chi connectivity index (χ3n) is 7.31. The molecule has 0 amide bonds. The smallest absolute Gasteiger partial charge is 0.184 e. The molecule has 0 atom stereocenters. The molecule has 0 saturated carbocycles. The van der Waals surface area contributed by atoms with Crippen molar-refractivity contribution in [2.75, 3.05) is 46.7 Å². The average Bonchev–Trinajstić information content (AvgIpc) is 2.91. The van der Waals surface area contributed by atoms with Gasteiger partial charge in [-0.1, -0.05) is 19.1 Å². The molecule has 38 heavy (non-hydrogen) atoms.